The quantitative estimate of drug-likeness (QED) is 0.887. The molecule has 1 heterocycles. The van der Waals surface area contributed by atoms with Gasteiger partial charge in [-0.05, 0) is 59.9 Å². The number of sulfonamides is 1. The number of halogens is 1. The number of hydrogen-bond donors (Lipinski definition) is 2. The predicted molar refractivity (Wildman–Crippen MR) is 75.1 cm³/mol. The third-order valence-electron chi connectivity index (χ3n) is 3.00. The minimum atomic E-state index is -3.44. The van der Waals surface area contributed by atoms with Gasteiger partial charge in [-0.15, -0.1) is 0 Å². The van der Waals surface area contributed by atoms with E-state index >= 15 is 0 Å². The molecule has 1 aliphatic rings. The lowest BCUT2D eigenvalue weighted by Gasteiger charge is -2.23. The lowest BCUT2D eigenvalue weighted by Crippen LogP contribution is -2.45. The van der Waals surface area contributed by atoms with E-state index in [-0.39, 0.29) is 6.04 Å². The highest BCUT2D eigenvalue weighted by molar-refractivity contribution is 9.10. The smallest absolute Gasteiger partial charge is 0.241 e. The lowest BCUT2D eigenvalue weighted by atomic mass is 10.1. The number of aryl methyl sites for hydroxylation is 1. The Balaban J connectivity index is 2.19. The molecule has 1 aromatic rings. The average Bonchev–Trinajstić information content (AvgIpc) is 2.29. The molecule has 0 aliphatic carbocycles. The van der Waals surface area contributed by atoms with Crippen molar-refractivity contribution in [3.8, 4) is 0 Å². The van der Waals surface area contributed by atoms with Crippen LogP contribution in [0, 0.1) is 6.92 Å². The summed E-state index contributed by atoms with van der Waals surface area (Å²) in [6, 6.07) is 5.24. The van der Waals surface area contributed by atoms with Crippen molar-refractivity contribution in [2.75, 3.05) is 13.1 Å². The number of nitrogens with one attached hydrogen (secondary N) is 2. The molecule has 0 saturated carbocycles. The van der Waals surface area contributed by atoms with Gasteiger partial charge in [-0.1, -0.05) is 6.07 Å². The zero-order valence-corrected chi connectivity index (χ0v) is 12.6. The highest BCUT2D eigenvalue weighted by Gasteiger charge is 2.23. The van der Waals surface area contributed by atoms with Gasteiger partial charge in [0.05, 0.1) is 4.90 Å². The van der Waals surface area contributed by atoms with Gasteiger partial charge in [0.2, 0.25) is 10.0 Å². The maximum atomic E-state index is 12.3. The van der Waals surface area contributed by atoms with Gasteiger partial charge in [0.1, 0.15) is 0 Å². The molecule has 2 N–H and O–H groups in total. The minimum Gasteiger partial charge on any atom is -0.315 e. The van der Waals surface area contributed by atoms with E-state index in [1.54, 1.807) is 12.1 Å². The molecule has 18 heavy (non-hydrogen) atoms. The fraction of sp³-hybridized carbons (Fsp3) is 0.500. The summed E-state index contributed by atoms with van der Waals surface area (Å²) in [5, 5.41) is 3.19. The third kappa shape index (κ3) is 3.32. The first kappa shape index (κ1) is 14.0. The molecule has 6 heteroatoms. The van der Waals surface area contributed by atoms with E-state index < -0.39 is 10.0 Å². The molecule has 2 rings (SSSR count). The Morgan fingerprint density at radius 3 is 2.83 bits per heavy atom. The molecule has 1 aromatic carbocycles. The zero-order chi connectivity index (χ0) is 13.2. The predicted octanol–water partition coefficient (Wildman–Crippen LogP) is 1.79. The van der Waals surface area contributed by atoms with E-state index in [9.17, 15) is 8.42 Å². The van der Waals surface area contributed by atoms with Crippen LogP contribution in [0.5, 0.6) is 0 Å². The van der Waals surface area contributed by atoms with Crippen molar-refractivity contribution in [3.63, 3.8) is 0 Å². The number of benzene rings is 1. The summed E-state index contributed by atoms with van der Waals surface area (Å²) in [6.45, 7) is 3.59. The van der Waals surface area contributed by atoms with Crippen LogP contribution >= 0.6 is 15.9 Å². The van der Waals surface area contributed by atoms with Crippen LogP contribution in [0.1, 0.15) is 18.4 Å². The Morgan fingerprint density at radius 2 is 2.22 bits per heavy atom. The van der Waals surface area contributed by atoms with Crippen LogP contribution in [-0.2, 0) is 10.0 Å². The van der Waals surface area contributed by atoms with E-state index in [0.29, 0.717) is 15.9 Å². The molecule has 0 aromatic heterocycles. The van der Waals surface area contributed by atoms with Crippen molar-refractivity contribution < 1.29 is 8.42 Å². The monoisotopic (exact) mass is 332 g/mol. The summed E-state index contributed by atoms with van der Waals surface area (Å²) < 4.78 is 27.9. The van der Waals surface area contributed by atoms with Crippen LogP contribution in [-0.4, -0.2) is 27.5 Å². The summed E-state index contributed by atoms with van der Waals surface area (Å²) in [5.41, 5.74) is 1.03. The van der Waals surface area contributed by atoms with Gasteiger partial charge in [-0.25, -0.2) is 13.1 Å². The normalized spacial score (nSPS) is 20.9. The number of rotatable bonds is 3. The van der Waals surface area contributed by atoms with E-state index in [4.69, 9.17) is 0 Å². The van der Waals surface area contributed by atoms with Crippen LogP contribution in [0.3, 0.4) is 0 Å². The first-order valence-corrected chi connectivity index (χ1v) is 8.26. The SMILES string of the molecule is Cc1ccc(S(=O)(=O)NC2CCCNC2)c(Br)c1. The van der Waals surface area contributed by atoms with Gasteiger partial charge >= 0.3 is 0 Å². The molecule has 1 fully saturated rings. The van der Waals surface area contributed by atoms with Gasteiger partial charge in [-0.2, -0.15) is 0 Å². The standard InChI is InChI=1S/C12H17BrN2O2S/c1-9-4-5-12(11(13)7-9)18(16,17)15-10-3-2-6-14-8-10/h4-5,7,10,14-15H,2-3,6,8H2,1H3. The van der Waals surface area contributed by atoms with Crippen molar-refractivity contribution in [1.29, 1.82) is 0 Å². The summed E-state index contributed by atoms with van der Waals surface area (Å²) >= 11 is 3.31. The summed E-state index contributed by atoms with van der Waals surface area (Å²) in [7, 11) is -3.44. The molecule has 1 aliphatic heterocycles. The minimum absolute atomic E-state index is 0.0167. The van der Waals surface area contributed by atoms with Gasteiger partial charge in [0.15, 0.2) is 0 Å². The van der Waals surface area contributed by atoms with Crippen LogP contribution in [0.15, 0.2) is 27.6 Å². The number of hydrogen-bond acceptors (Lipinski definition) is 3. The fourth-order valence-electron chi connectivity index (χ4n) is 2.06. The molecular formula is C12H17BrN2O2S. The Morgan fingerprint density at radius 1 is 1.44 bits per heavy atom. The molecule has 1 atom stereocenters. The second kappa shape index (κ2) is 5.69. The Bertz CT molecular complexity index is 525. The summed E-state index contributed by atoms with van der Waals surface area (Å²) in [5.74, 6) is 0. The van der Waals surface area contributed by atoms with Crippen LogP contribution in [0.2, 0.25) is 0 Å². The summed E-state index contributed by atoms with van der Waals surface area (Å²) in [6.07, 6.45) is 1.89. The van der Waals surface area contributed by atoms with Crippen molar-refractivity contribution in [2.24, 2.45) is 0 Å². The van der Waals surface area contributed by atoms with E-state index in [1.807, 2.05) is 13.0 Å². The second-order valence-electron chi connectivity index (χ2n) is 4.60. The van der Waals surface area contributed by atoms with Crippen LogP contribution in [0.4, 0.5) is 0 Å². The van der Waals surface area contributed by atoms with Crippen LogP contribution in [0.25, 0.3) is 0 Å². The van der Waals surface area contributed by atoms with E-state index in [0.717, 1.165) is 24.9 Å². The molecule has 0 radical (unpaired) electrons. The van der Waals surface area contributed by atoms with Crippen LogP contribution < -0.4 is 10.0 Å². The summed E-state index contributed by atoms with van der Waals surface area (Å²) in [4.78, 5) is 0.304. The average molecular weight is 333 g/mol. The lowest BCUT2D eigenvalue weighted by molar-refractivity contribution is 0.428. The van der Waals surface area contributed by atoms with Gasteiger partial charge < -0.3 is 5.32 Å². The first-order chi connectivity index (χ1) is 8.49. The van der Waals surface area contributed by atoms with Crippen molar-refractivity contribution in [2.45, 2.75) is 30.7 Å². The van der Waals surface area contributed by atoms with Crippen molar-refractivity contribution >= 4 is 26.0 Å². The number of piperidine rings is 1. The Hall–Kier alpha value is -0.430. The fourth-order valence-corrected chi connectivity index (χ4v) is 4.52. The van der Waals surface area contributed by atoms with E-state index in [2.05, 4.69) is 26.0 Å². The highest BCUT2D eigenvalue weighted by atomic mass is 79.9. The zero-order valence-electron chi connectivity index (χ0n) is 10.2. The third-order valence-corrected chi connectivity index (χ3v) is 5.49. The largest absolute Gasteiger partial charge is 0.315 e. The molecule has 0 amide bonds. The maximum Gasteiger partial charge on any atom is 0.241 e. The van der Waals surface area contributed by atoms with Gasteiger partial charge in [0, 0.05) is 17.1 Å². The molecular weight excluding hydrogens is 316 g/mol. The molecule has 100 valence electrons. The molecule has 4 nitrogen and oxygen atoms in total. The molecule has 1 unspecified atom stereocenters. The molecule has 1 saturated heterocycles. The first-order valence-electron chi connectivity index (χ1n) is 5.98. The Labute approximate surface area is 116 Å². The second-order valence-corrected chi connectivity index (χ2v) is 7.14. The van der Waals surface area contributed by atoms with Crippen molar-refractivity contribution in [3.05, 3.63) is 28.2 Å². The van der Waals surface area contributed by atoms with Gasteiger partial charge in [-0.3, -0.25) is 0 Å². The highest BCUT2D eigenvalue weighted by Crippen LogP contribution is 2.23. The van der Waals surface area contributed by atoms with Crippen molar-refractivity contribution in [1.82, 2.24) is 10.0 Å². The molecule has 0 bridgehead atoms. The van der Waals surface area contributed by atoms with E-state index in [1.165, 1.54) is 0 Å². The topological polar surface area (TPSA) is 58.2 Å². The Kier molecular flexibility index (Phi) is 4.42. The molecule has 0 spiro atoms. The van der Waals surface area contributed by atoms with Gasteiger partial charge in [0.25, 0.3) is 0 Å². The maximum absolute atomic E-state index is 12.3.